The summed E-state index contributed by atoms with van der Waals surface area (Å²) < 4.78 is 57.4. The van der Waals surface area contributed by atoms with E-state index in [1.165, 1.54) is 0 Å². The number of ether oxygens (including phenoxy) is 1. The molecule has 0 aliphatic carbocycles. The molecular weight excluding hydrogens is 290 g/mol. The Morgan fingerprint density at radius 3 is 2.60 bits per heavy atom. The molecule has 0 spiro atoms. The number of unbranched alkanes of at least 4 members (excludes halogenated alkanes) is 2. The predicted molar refractivity (Wildman–Crippen MR) is 71.7 cm³/mol. The second kappa shape index (κ2) is 7.51. The molecule has 0 heterocycles. The second-order valence-electron chi connectivity index (χ2n) is 4.27. The lowest BCUT2D eigenvalue weighted by atomic mass is 10.2. The molecule has 0 bridgehead atoms. The predicted octanol–water partition coefficient (Wildman–Crippen LogP) is 1.64. The fourth-order valence-electron chi connectivity index (χ4n) is 1.61. The molecule has 3 N–H and O–H groups in total. The number of benzene rings is 1. The standard InChI is InChI=1S/C12H18F2N2O3S/c1-19-6-4-2-3-5-16-20(17,18)11-8-9(15)7-10(13)12(11)14/h7-8,16H,2-6,15H2,1H3. The fourth-order valence-corrected chi connectivity index (χ4v) is 2.81. The third kappa shape index (κ3) is 4.69. The number of hydrogen-bond acceptors (Lipinski definition) is 4. The topological polar surface area (TPSA) is 81.4 Å². The fraction of sp³-hybridized carbons (Fsp3) is 0.500. The summed E-state index contributed by atoms with van der Waals surface area (Å²) in [5, 5.41) is 0. The van der Waals surface area contributed by atoms with E-state index in [0.717, 1.165) is 25.0 Å². The van der Waals surface area contributed by atoms with E-state index in [4.69, 9.17) is 10.5 Å². The van der Waals surface area contributed by atoms with Gasteiger partial charge >= 0.3 is 0 Å². The van der Waals surface area contributed by atoms with Gasteiger partial charge in [0, 0.05) is 25.9 Å². The monoisotopic (exact) mass is 308 g/mol. The van der Waals surface area contributed by atoms with Crippen LogP contribution in [0, 0.1) is 11.6 Å². The van der Waals surface area contributed by atoms with Crippen LogP contribution in [0.4, 0.5) is 14.5 Å². The van der Waals surface area contributed by atoms with Crippen molar-refractivity contribution in [1.82, 2.24) is 4.72 Å². The quantitative estimate of drug-likeness (QED) is 0.565. The first kappa shape index (κ1) is 16.8. The lowest BCUT2D eigenvalue weighted by Gasteiger charge is -2.09. The van der Waals surface area contributed by atoms with Crippen molar-refractivity contribution in [2.24, 2.45) is 0 Å². The van der Waals surface area contributed by atoms with Crippen molar-refractivity contribution in [3.05, 3.63) is 23.8 Å². The highest BCUT2D eigenvalue weighted by Crippen LogP contribution is 2.20. The van der Waals surface area contributed by atoms with E-state index in [1.54, 1.807) is 7.11 Å². The van der Waals surface area contributed by atoms with Crippen molar-refractivity contribution in [1.29, 1.82) is 0 Å². The summed E-state index contributed by atoms with van der Waals surface area (Å²) in [5.74, 6) is -2.71. The van der Waals surface area contributed by atoms with Crippen LogP contribution >= 0.6 is 0 Å². The molecular formula is C12H18F2N2O3S. The summed E-state index contributed by atoms with van der Waals surface area (Å²) in [5.41, 5.74) is 5.17. The van der Waals surface area contributed by atoms with E-state index in [1.807, 2.05) is 0 Å². The molecule has 0 aliphatic rings. The molecule has 0 aliphatic heterocycles. The molecule has 1 aromatic rings. The van der Waals surface area contributed by atoms with Gasteiger partial charge in [-0.05, 0) is 31.4 Å². The number of nitrogen functional groups attached to an aromatic ring is 1. The summed E-state index contributed by atoms with van der Waals surface area (Å²) >= 11 is 0. The van der Waals surface area contributed by atoms with Crippen LogP contribution < -0.4 is 10.5 Å². The van der Waals surface area contributed by atoms with Crippen LogP contribution in [0.3, 0.4) is 0 Å². The van der Waals surface area contributed by atoms with E-state index in [0.29, 0.717) is 13.0 Å². The van der Waals surface area contributed by atoms with Crippen LogP contribution in [0.5, 0.6) is 0 Å². The van der Waals surface area contributed by atoms with Crippen LogP contribution in [0.15, 0.2) is 17.0 Å². The normalized spacial score (nSPS) is 11.8. The van der Waals surface area contributed by atoms with Gasteiger partial charge in [-0.3, -0.25) is 0 Å². The largest absolute Gasteiger partial charge is 0.399 e. The Morgan fingerprint density at radius 2 is 1.95 bits per heavy atom. The molecule has 0 saturated heterocycles. The average Bonchev–Trinajstić information content (AvgIpc) is 2.37. The Morgan fingerprint density at radius 1 is 1.25 bits per heavy atom. The zero-order valence-electron chi connectivity index (χ0n) is 11.2. The van der Waals surface area contributed by atoms with Crippen LogP contribution in [0.1, 0.15) is 19.3 Å². The van der Waals surface area contributed by atoms with Gasteiger partial charge in [-0.25, -0.2) is 21.9 Å². The maximum absolute atomic E-state index is 13.5. The number of nitrogens with one attached hydrogen (secondary N) is 1. The highest BCUT2D eigenvalue weighted by molar-refractivity contribution is 7.89. The van der Waals surface area contributed by atoms with Crippen LogP contribution in [0.25, 0.3) is 0 Å². The molecule has 8 heteroatoms. The van der Waals surface area contributed by atoms with E-state index in [9.17, 15) is 17.2 Å². The molecule has 0 fully saturated rings. The third-order valence-electron chi connectivity index (χ3n) is 2.62. The SMILES string of the molecule is COCCCCCNS(=O)(=O)c1cc(N)cc(F)c1F. The molecule has 0 radical (unpaired) electrons. The molecule has 0 atom stereocenters. The van der Waals surface area contributed by atoms with Crippen molar-refractivity contribution in [3.63, 3.8) is 0 Å². The van der Waals surface area contributed by atoms with Crippen molar-refractivity contribution in [2.45, 2.75) is 24.2 Å². The Bertz CT molecular complexity index is 550. The zero-order chi connectivity index (χ0) is 15.2. The van der Waals surface area contributed by atoms with Gasteiger partial charge in [0.2, 0.25) is 10.0 Å². The number of anilines is 1. The number of sulfonamides is 1. The van der Waals surface area contributed by atoms with Gasteiger partial charge in [0.05, 0.1) is 0 Å². The molecule has 0 amide bonds. The average molecular weight is 308 g/mol. The van der Waals surface area contributed by atoms with Gasteiger partial charge in [-0.2, -0.15) is 0 Å². The lowest BCUT2D eigenvalue weighted by molar-refractivity contribution is 0.192. The van der Waals surface area contributed by atoms with Crippen LogP contribution in [-0.4, -0.2) is 28.7 Å². The summed E-state index contributed by atoms with van der Waals surface area (Å²) in [7, 11) is -2.52. The molecule has 5 nitrogen and oxygen atoms in total. The van der Waals surface area contributed by atoms with Gasteiger partial charge in [0.1, 0.15) is 4.90 Å². The van der Waals surface area contributed by atoms with Crippen molar-refractivity contribution >= 4 is 15.7 Å². The minimum Gasteiger partial charge on any atom is -0.399 e. The summed E-state index contributed by atoms with van der Waals surface area (Å²) in [6, 6.07) is 1.63. The van der Waals surface area contributed by atoms with E-state index in [2.05, 4.69) is 4.72 Å². The first-order chi connectivity index (χ1) is 9.38. The molecule has 114 valence electrons. The number of nitrogens with two attached hydrogens (primary N) is 1. The minimum absolute atomic E-state index is 0.141. The van der Waals surface area contributed by atoms with Crippen LogP contribution in [-0.2, 0) is 14.8 Å². The van der Waals surface area contributed by atoms with Crippen molar-refractivity contribution < 1.29 is 21.9 Å². The van der Waals surface area contributed by atoms with Gasteiger partial charge in [-0.15, -0.1) is 0 Å². The smallest absolute Gasteiger partial charge is 0.243 e. The first-order valence-corrected chi connectivity index (χ1v) is 7.60. The minimum atomic E-state index is -4.10. The maximum Gasteiger partial charge on any atom is 0.243 e. The van der Waals surface area contributed by atoms with Crippen molar-refractivity contribution in [3.8, 4) is 0 Å². The Labute approximate surface area is 117 Å². The van der Waals surface area contributed by atoms with Crippen molar-refractivity contribution in [2.75, 3.05) is 26.0 Å². The zero-order valence-corrected chi connectivity index (χ0v) is 12.0. The Hall–Kier alpha value is -1.25. The highest BCUT2D eigenvalue weighted by Gasteiger charge is 2.22. The number of methoxy groups -OCH3 is 1. The summed E-state index contributed by atoms with van der Waals surface area (Å²) in [6.45, 7) is 0.740. The van der Waals surface area contributed by atoms with Gasteiger partial charge in [-0.1, -0.05) is 0 Å². The number of hydrogen-bond donors (Lipinski definition) is 2. The first-order valence-electron chi connectivity index (χ1n) is 6.11. The van der Waals surface area contributed by atoms with Gasteiger partial charge in [0.25, 0.3) is 0 Å². The molecule has 20 heavy (non-hydrogen) atoms. The number of rotatable bonds is 8. The van der Waals surface area contributed by atoms with Crippen LogP contribution in [0.2, 0.25) is 0 Å². The highest BCUT2D eigenvalue weighted by atomic mass is 32.2. The van der Waals surface area contributed by atoms with Gasteiger partial charge < -0.3 is 10.5 Å². The molecule has 0 aromatic heterocycles. The second-order valence-corrected chi connectivity index (χ2v) is 6.00. The molecule has 0 unspecified atom stereocenters. The Kier molecular flexibility index (Phi) is 6.31. The van der Waals surface area contributed by atoms with E-state index >= 15 is 0 Å². The third-order valence-corrected chi connectivity index (χ3v) is 4.08. The molecule has 1 rings (SSSR count). The molecule has 1 aromatic carbocycles. The Balaban J connectivity index is 2.65. The number of halogens is 2. The summed E-state index contributed by atoms with van der Waals surface area (Å²) in [4.78, 5) is -0.771. The van der Waals surface area contributed by atoms with E-state index < -0.39 is 26.6 Å². The lowest BCUT2D eigenvalue weighted by Crippen LogP contribution is -2.26. The maximum atomic E-state index is 13.5. The van der Waals surface area contributed by atoms with Gasteiger partial charge in [0.15, 0.2) is 11.6 Å². The summed E-state index contributed by atoms with van der Waals surface area (Å²) in [6.07, 6.45) is 2.15. The van der Waals surface area contributed by atoms with E-state index in [-0.39, 0.29) is 12.2 Å². The molecule has 0 saturated carbocycles.